The first-order valence-corrected chi connectivity index (χ1v) is 17.5. The van der Waals surface area contributed by atoms with Gasteiger partial charge in [-0.2, -0.15) is 0 Å². The van der Waals surface area contributed by atoms with Crippen molar-refractivity contribution < 1.29 is 0 Å². The zero-order valence-corrected chi connectivity index (χ0v) is 27.0. The monoisotopic (exact) mass is 526 g/mol. The highest BCUT2D eigenvalue weighted by molar-refractivity contribution is 5.25. The van der Waals surface area contributed by atoms with Crippen LogP contribution in [0, 0.1) is 45.8 Å². The Morgan fingerprint density at radius 2 is 1.71 bits per heavy atom. The number of unbranched alkanes of at least 4 members (excludes halogenated alkanes) is 3. The number of fused-ring (bicyclic) bond motifs is 5. The Morgan fingerprint density at radius 1 is 0.921 bits per heavy atom. The average molecular weight is 526 g/mol. The zero-order chi connectivity index (χ0) is 27.4. The molecule has 1 nitrogen and oxygen atoms in total. The summed E-state index contributed by atoms with van der Waals surface area (Å²) in [5.74, 6) is 4.83. The van der Waals surface area contributed by atoms with Gasteiger partial charge in [0.25, 0.3) is 0 Å². The van der Waals surface area contributed by atoms with Gasteiger partial charge in [0.15, 0.2) is 0 Å². The van der Waals surface area contributed by atoms with Crippen LogP contribution < -0.4 is 5.32 Å². The third-order valence-electron chi connectivity index (χ3n) is 12.8. The molecule has 0 saturated heterocycles. The van der Waals surface area contributed by atoms with Gasteiger partial charge in [0.05, 0.1) is 0 Å². The number of allylic oxidation sites excluding steroid dienone is 1. The topological polar surface area (TPSA) is 12.0 Å². The molecule has 0 bridgehead atoms. The Balaban J connectivity index is 1.26. The summed E-state index contributed by atoms with van der Waals surface area (Å²) in [7, 11) is 0. The Hall–Kier alpha value is -0.300. The summed E-state index contributed by atoms with van der Waals surface area (Å²) in [4.78, 5) is 0. The van der Waals surface area contributed by atoms with E-state index in [4.69, 9.17) is 0 Å². The molecule has 0 aromatic carbocycles. The fraction of sp³-hybridized carbons (Fsp3) is 0.946. The predicted octanol–water partition coefficient (Wildman–Crippen LogP) is 11.1. The van der Waals surface area contributed by atoms with E-state index in [1.807, 2.05) is 5.57 Å². The molecule has 38 heavy (non-hydrogen) atoms. The van der Waals surface area contributed by atoms with Gasteiger partial charge in [0.2, 0.25) is 0 Å². The number of hydrogen-bond acceptors (Lipinski definition) is 1. The van der Waals surface area contributed by atoms with E-state index in [0.717, 1.165) is 35.6 Å². The van der Waals surface area contributed by atoms with Crippen molar-refractivity contribution in [3.63, 3.8) is 0 Å². The van der Waals surface area contributed by atoms with E-state index in [1.165, 1.54) is 122 Å². The summed E-state index contributed by atoms with van der Waals surface area (Å²) in [5, 5.41) is 4.01. The summed E-state index contributed by atoms with van der Waals surface area (Å²) in [6.07, 6.45) is 28.6. The minimum Gasteiger partial charge on any atom is -0.314 e. The van der Waals surface area contributed by atoms with Crippen LogP contribution in [0.25, 0.3) is 0 Å². The number of hydrogen-bond donors (Lipinski definition) is 1. The van der Waals surface area contributed by atoms with E-state index in [1.54, 1.807) is 0 Å². The van der Waals surface area contributed by atoms with Crippen molar-refractivity contribution in [3.8, 4) is 0 Å². The highest BCUT2D eigenvalue weighted by Crippen LogP contribution is 2.66. The minimum absolute atomic E-state index is 0.501. The van der Waals surface area contributed by atoms with E-state index in [-0.39, 0.29) is 0 Å². The van der Waals surface area contributed by atoms with Crippen molar-refractivity contribution in [1.29, 1.82) is 0 Å². The molecule has 0 amide bonds. The molecule has 4 rings (SSSR count). The maximum Gasteiger partial charge on any atom is 0.0105 e. The molecule has 3 fully saturated rings. The van der Waals surface area contributed by atoms with Gasteiger partial charge in [-0.15, -0.1) is 0 Å². The highest BCUT2D eigenvalue weighted by atomic mass is 14.9. The molecule has 0 spiro atoms. The lowest BCUT2D eigenvalue weighted by atomic mass is 9.47. The Kier molecular flexibility index (Phi) is 10.6. The molecule has 1 heteroatoms. The van der Waals surface area contributed by atoms with Crippen LogP contribution in [0.15, 0.2) is 11.6 Å². The van der Waals surface area contributed by atoms with Crippen LogP contribution in [-0.4, -0.2) is 12.6 Å². The van der Waals surface area contributed by atoms with Crippen LogP contribution in [0.4, 0.5) is 0 Å². The van der Waals surface area contributed by atoms with Crippen LogP contribution >= 0.6 is 0 Å². The third-order valence-corrected chi connectivity index (χ3v) is 12.8. The minimum atomic E-state index is 0.501. The third kappa shape index (κ3) is 6.94. The molecular weight excluding hydrogens is 458 g/mol. The van der Waals surface area contributed by atoms with E-state index in [9.17, 15) is 0 Å². The van der Waals surface area contributed by atoms with Crippen molar-refractivity contribution in [2.45, 2.75) is 170 Å². The molecule has 4 aliphatic carbocycles. The molecule has 7 atom stereocenters. The molecule has 0 aromatic heterocycles. The van der Waals surface area contributed by atoms with E-state index in [0.29, 0.717) is 16.2 Å². The first kappa shape index (κ1) is 30.7. The van der Waals surface area contributed by atoms with E-state index < -0.39 is 0 Å². The van der Waals surface area contributed by atoms with Gasteiger partial charge in [0.1, 0.15) is 0 Å². The Bertz CT molecular complexity index is 763. The lowest BCUT2D eigenvalue weighted by Gasteiger charge is -2.58. The molecule has 220 valence electrons. The standard InChI is InChI=1S/C37H67N/c1-8-9-22-35(4,5)23-12-13-26-38-31-20-24-37(7)30(27-31)16-18-32-33-19-17-29(15-11-10-14-28(2)3)36(33,6)25-21-34(32)37/h16,28-29,31-34,38H,8-15,17-27H2,1-7H3. The van der Waals surface area contributed by atoms with E-state index >= 15 is 0 Å². The second-order valence-electron chi connectivity index (χ2n) is 16.4. The fourth-order valence-corrected chi connectivity index (χ4v) is 10.2. The normalized spacial score (nSPS) is 37.1. The van der Waals surface area contributed by atoms with E-state index in [2.05, 4.69) is 59.9 Å². The second-order valence-corrected chi connectivity index (χ2v) is 16.4. The number of rotatable bonds is 14. The lowest BCUT2D eigenvalue weighted by molar-refractivity contribution is -0.0441. The largest absolute Gasteiger partial charge is 0.314 e. The van der Waals surface area contributed by atoms with Crippen molar-refractivity contribution in [2.75, 3.05) is 6.54 Å². The summed E-state index contributed by atoms with van der Waals surface area (Å²) < 4.78 is 0. The Morgan fingerprint density at radius 3 is 2.47 bits per heavy atom. The molecular formula is C37H67N. The van der Waals surface area contributed by atoms with Gasteiger partial charge in [-0.25, -0.2) is 0 Å². The summed E-state index contributed by atoms with van der Waals surface area (Å²) in [6.45, 7) is 18.7. The smallest absolute Gasteiger partial charge is 0.0105 e. The van der Waals surface area contributed by atoms with Gasteiger partial charge in [0, 0.05) is 6.04 Å². The first-order valence-electron chi connectivity index (χ1n) is 17.5. The van der Waals surface area contributed by atoms with Crippen molar-refractivity contribution in [1.82, 2.24) is 5.32 Å². The molecule has 7 unspecified atom stereocenters. The van der Waals surface area contributed by atoms with Gasteiger partial charge >= 0.3 is 0 Å². The molecule has 0 heterocycles. The molecule has 0 aromatic rings. The molecule has 0 aliphatic heterocycles. The average Bonchev–Trinajstić information content (AvgIpc) is 3.21. The van der Waals surface area contributed by atoms with Crippen LogP contribution in [0.1, 0.15) is 164 Å². The SMILES string of the molecule is CCCCC(C)(C)CCCCNC1CCC2(C)C(=CCC3C2CCC2(C)C(CCCCC(C)C)CCC32)C1. The van der Waals surface area contributed by atoms with Crippen molar-refractivity contribution in [2.24, 2.45) is 45.8 Å². The summed E-state index contributed by atoms with van der Waals surface area (Å²) in [6, 6.07) is 0.731. The first-order chi connectivity index (χ1) is 18.1. The maximum atomic E-state index is 4.01. The fourth-order valence-electron chi connectivity index (χ4n) is 10.2. The van der Waals surface area contributed by atoms with Crippen LogP contribution in [0.2, 0.25) is 0 Å². The number of nitrogens with one attached hydrogen (secondary N) is 1. The van der Waals surface area contributed by atoms with Crippen molar-refractivity contribution in [3.05, 3.63) is 11.6 Å². The van der Waals surface area contributed by atoms with Gasteiger partial charge in [-0.3, -0.25) is 0 Å². The zero-order valence-electron chi connectivity index (χ0n) is 27.0. The summed E-state index contributed by atoms with van der Waals surface area (Å²) >= 11 is 0. The van der Waals surface area contributed by atoms with Crippen LogP contribution in [0.3, 0.4) is 0 Å². The quantitative estimate of drug-likeness (QED) is 0.176. The predicted molar refractivity (Wildman–Crippen MR) is 167 cm³/mol. The van der Waals surface area contributed by atoms with Crippen LogP contribution in [0.5, 0.6) is 0 Å². The van der Waals surface area contributed by atoms with Gasteiger partial charge < -0.3 is 5.32 Å². The molecule has 4 aliphatic rings. The van der Waals surface area contributed by atoms with Crippen LogP contribution in [-0.2, 0) is 0 Å². The second kappa shape index (κ2) is 13.1. The van der Waals surface area contributed by atoms with Gasteiger partial charge in [-0.1, -0.05) is 98.6 Å². The van der Waals surface area contributed by atoms with Crippen molar-refractivity contribution >= 4 is 0 Å². The lowest BCUT2D eigenvalue weighted by Crippen LogP contribution is -2.51. The molecule has 3 saturated carbocycles. The van der Waals surface area contributed by atoms with Gasteiger partial charge in [-0.05, 0) is 129 Å². The highest BCUT2D eigenvalue weighted by Gasteiger charge is 2.58. The maximum absolute atomic E-state index is 4.01. The Labute approximate surface area is 239 Å². The molecule has 0 radical (unpaired) electrons. The molecule has 1 N–H and O–H groups in total. The summed E-state index contributed by atoms with van der Waals surface area (Å²) in [5.41, 5.74) is 3.54.